The van der Waals surface area contributed by atoms with Gasteiger partial charge in [-0.3, -0.25) is 4.98 Å². The van der Waals surface area contributed by atoms with Crippen molar-refractivity contribution in [2.24, 2.45) is 0 Å². The fourth-order valence-corrected chi connectivity index (χ4v) is 2.13. The number of benzene rings is 1. The van der Waals surface area contributed by atoms with E-state index in [0.29, 0.717) is 12.0 Å². The molecule has 0 aliphatic rings. The lowest BCUT2D eigenvalue weighted by molar-refractivity contribution is 0.460. The molecule has 0 unspecified atom stereocenters. The highest BCUT2D eigenvalue weighted by molar-refractivity contribution is 5.41. The molecule has 1 N–H and O–H groups in total. The Labute approximate surface area is 127 Å². The van der Waals surface area contributed by atoms with Gasteiger partial charge < -0.3 is 10.1 Å². The summed E-state index contributed by atoms with van der Waals surface area (Å²) < 4.78 is 6.15. The van der Waals surface area contributed by atoms with Gasteiger partial charge >= 0.3 is 0 Å². The van der Waals surface area contributed by atoms with Crippen molar-refractivity contribution < 1.29 is 4.74 Å². The molecule has 3 nitrogen and oxygen atoms in total. The zero-order chi connectivity index (χ0) is 15.2. The highest BCUT2D eigenvalue weighted by Gasteiger charge is 2.10. The molecule has 0 saturated heterocycles. The second-order valence-corrected chi connectivity index (χ2v) is 5.81. The fourth-order valence-electron chi connectivity index (χ4n) is 2.13. The molecule has 2 aromatic rings. The lowest BCUT2D eigenvalue weighted by Crippen LogP contribution is -2.22. The minimum atomic E-state index is 0.431. The summed E-state index contributed by atoms with van der Waals surface area (Å²) >= 11 is 0. The predicted octanol–water partition coefficient (Wildman–Crippen LogP) is 4.50. The van der Waals surface area contributed by atoms with Gasteiger partial charge in [-0.1, -0.05) is 45.9 Å². The first-order chi connectivity index (χ1) is 10.1. The number of hydrogen-bond donors (Lipinski definition) is 1. The third kappa shape index (κ3) is 4.30. The van der Waals surface area contributed by atoms with Crippen molar-refractivity contribution in [3.05, 3.63) is 53.9 Å². The number of nitrogens with one attached hydrogen (secondary N) is 1. The van der Waals surface area contributed by atoms with Crippen LogP contribution in [0.5, 0.6) is 11.5 Å². The number of aromatic nitrogens is 1. The molecule has 0 fully saturated rings. The van der Waals surface area contributed by atoms with E-state index in [9.17, 15) is 0 Å². The molecule has 0 spiro atoms. The van der Waals surface area contributed by atoms with Gasteiger partial charge in [-0.05, 0) is 23.6 Å². The Morgan fingerprint density at radius 1 is 1.05 bits per heavy atom. The third-order valence-corrected chi connectivity index (χ3v) is 3.32. The van der Waals surface area contributed by atoms with E-state index >= 15 is 0 Å². The summed E-state index contributed by atoms with van der Waals surface area (Å²) in [5.74, 6) is 2.22. The molecule has 2 rings (SSSR count). The molecule has 0 aliphatic heterocycles. The summed E-state index contributed by atoms with van der Waals surface area (Å²) in [7, 11) is 0. The summed E-state index contributed by atoms with van der Waals surface area (Å²) in [6, 6.07) is 10.6. The van der Waals surface area contributed by atoms with Crippen LogP contribution in [0.2, 0.25) is 0 Å². The lowest BCUT2D eigenvalue weighted by atomic mass is 10.0. The number of rotatable bonds is 6. The molecule has 0 atom stereocenters. The molecular formula is C18H24N2O. The topological polar surface area (TPSA) is 34.2 Å². The van der Waals surface area contributed by atoms with Crippen molar-refractivity contribution in [2.45, 2.75) is 46.2 Å². The van der Waals surface area contributed by atoms with E-state index in [1.807, 2.05) is 24.4 Å². The lowest BCUT2D eigenvalue weighted by Gasteiger charge is -2.16. The Kier molecular flexibility index (Phi) is 5.34. The highest BCUT2D eigenvalue weighted by Crippen LogP contribution is 2.31. The van der Waals surface area contributed by atoms with Gasteiger partial charge in [0.1, 0.15) is 11.5 Å². The Balaban J connectivity index is 2.24. The van der Waals surface area contributed by atoms with Crippen LogP contribution in [-0.2, 0) is 6.54 Å². The summed E-state index contributed by atoms with van der Waals surface area (Å²) in [4.78, 5) is 4.20. The van der Waals surface area contributed by atoms with E-state index in [0.717, 1.165) is 23.6 Å². The van der Waals surface area contributed by atoms with Crippen molar-refractivity contribution in [2.75, 3.05) is 0 Å². The first-order valence-corrected chi connectivity index (χ1v) is 7.51. The minimum absolute atomic E-state index is 0.431. The largest absolute Gasteiger partial charge is 0.457 e. The van der Waals surface area contributed by atoms with Crippen molar-refractivity contribution in [3.63, 3.8) is 0 Å². The van der Waals surface area contributed by atoms with Gasteiger partial charge in [-0.2, -0.15) is 0 Å². The SMILES string of the molecule is CC(C)NCc1cnccc1Oc1ccccc1C(C)C. The second-order valence-electron chi connectivity index (χ2n) is 5.81. The quantitative estimate of drug-likeness (QED) is 0.848. The highest BCUT2D eigenvalue weighted by atomic mass is 16.5. The summed E-state index contributed by atoms with van der Waals surface area (Å²) in [5.41, 5.74) is 2.29. The van der Waals surface area contributed by atoms with Gasteiger partial charge in [0.2, 0.25) is 0 Å². The van der Waals surface area contributed by atoms with E-state index in [2.05, 4.69) is 50.1 Å². The van der Waals surface area contributed by atoms with Crippen molar-refractivity contribution in [1.82, 2.24) is 10.3 Å². The first-order valence-electron chi connectivity index (χ1n) is 7.51. The molecule has 21 heavy (non-hydrogen) atoms. The number of pyridine rings is 1. The molecule has 0 aliphatic carbocycles. The van der Waals surface area contributed by atoms with Crippen LogP contribution in [0.25, 0.3) is 0 Å². The van der Waals surface area contributed by atoms with Crippen LogP contribution in [0.15, 0.2) is 42.7 Å². The van der Waals surface area contributed by atoms with Gasteiger partial charge in [0.25, 0.3) is 0 Å². The van der Waals surface area contributed by atoms with Crippen LogP contribution in [-0.4, -0.2) is 11.0 Å². The van der Waals surface area contributed by atoms with Crippen LogP contribution in [0, 0.1) is 0 Å². The maximum atomic E-state index is 6.15. The minimum Gasteiger partial charge on any atom is -0.457 e. The Morgan fingerprint density at radius 3 is 2.52 bits per heavy atom. The number of nitrogens with zero attached hydrogens (tertiary/aromatic N) is 1. The summed E-state index contributed by atoms with van der Waals surface area (Å²) in [5, 5.41) is 3.41. The smallest absolute Gasteiger partial charge is 0.135 e. The molecule has 1 heterocycles. The van der Waals surface area contributed by atoms with E-state index in [1.165, 1.54) is 5.56 Å². The number of para-hydroxylation sites is 1. The van der Waals surface area contributed by atoms with Gasteiger partial charge in [0.15, 0.2) is 0 Å². The van der Waals surface area contributed by atoms with Gasteiger partial charge in [0.05, 0.1) is 0 Å². The molecule has 3 heteroatoms. The molecule has 0 amide bonds. The Hall–Kier alpha value is -1.87. The molecule has 0 bridgehead atoms. The van der Waals surface area contributed by atoms with E-state index in [4.69, 9.17) is 4.74 Å². The maximum Gasteiger partial charge on any atom is 0.135 e. The van der Waals surface area contributed by atoms with E-state index < -0.39 is 0 Å². The third-order valence-electron chi connectivity index (χ3n) is 3.32. The van der Waals surface area contributed by atoms with Crippen LogP contribution in [0.4, 0.5) is 0 Å². The van der Waals surface area contributed by atoms with Crippen molar-refractivity contribution >= 4 is 0 Å². The predicted molar refractivity (Wildman–Crippen MR) is 86.8 cm³/mol. The van der Waals surface area contributed by atoms with Crippen LogP contribution >= 0.6 is 0 Å². The molecule has 0 radical (unpaired) electrons. The summed E-state index contributed by atoms with van der Waals surface area (Å²) in [6.45, 7) is 9.37. The maximum absolute atomic E-state index is 6.15. The van der Waals surface area contributed by atoms with Crippen LogP contribution in [0.1, 0.15) is 44.7 Å². The summed E-state index contributed by atoms with van der Waals surface area (Å²) in [6.07, 6.45) is 3.63. The molecule has 1 aromatic heterocycles. The monoisotopic (exact) mass is 284 g/mol. The van der Waals surface area contributed by atoms with Crippen molar-refractivity contribution in [1.29, 1.82) is 0 Å². The molecule has 1 aromatic carbocycles. The van der Waals surface area contributed by atoms with Crippen LogP contribution < -0.4 is 10.1 Å². The Bertz CT molecular complexity index is 579. The Morgan fingerprint density at radius 2 is 1.81 bits per heavy atom. The van der Waals surface area contributed by atoms with E-state index in [-0.39, 0.29) is 0 Å². The second kappa shape index (κ2) is 7.23. The number of hydrogen-bond acceptors (Lipinski definition) is 3. The van der Waals surface area contributed by atoms with Gasteiger partial charge in [-0.25, -0.2) is 0 Å². The zero-order valence-corrected chi connectivity index (χ0v) is 13.3. The average Bonchev–Trinajstić information content (AvgIpc) is 2.46. The normalized spacial score (nSPS) is 11.1. The molecule has 112 valence electrons. The standard InChI is InChI=1S/C18H24N2O/c1-13(2)16-7-5-6-8-18(16)21-17-9-10-19-11-15(17)12-20-14(3)4/h5-11,13-14,20H,12H2,1-4H3. The average molecular weight is 284 g/mol. The van der Waals surface area contributed by atoms with Gasteiger partial charge in [-0.15, -0.1) is 0 Å². The fraction of sp³-hybridized carbons (Fsp3) is 0.389. The molecule has 0 saturated carbocycles. The first kappa shape index (κ1) is 15.5. The zero-order valence-electron chi connectivity index (χ0n) is 13.3. The van der Waals surface area contributed by atoms with Crippen molar-refractivity contribution in [3.8, 4) is 11.5 Å². The molecular weight excluding hydrogens is 260 g/mol. The van der Waals surface area contributed by atoms with E-state index in [1.54, 1.807) is 6.20 Å². The van der Waals surface area contributed by atoms with Crippen LogP contribution in [0.3, 0.4) is 0 Å². The number of ether oxygens (including phenoxy) is 1. The van der Waals surface area contributed by atoms with Gasteiger partial charge in [0, 0.05) is 30.5 Å².